The maximum atomic E-state index is 5.73. The monoisotopic (exact) mass is 302 g/mol. The third kappa shape index (κ3) is 4.34. The molecule has 0 N–H and O–H groups in total. The fourth-order valence-electron chi connectivity index (χ4n) is 1.48. The normalized spacial score (nSPS) is 10.7. The van der Waals surface area contributed by atoms with Crippen LogP contribution in [-0.4, -0.2) is 9.97 Å². The van der Waals surface area contributed by atoms with Crippen molar-refractivity contribution in [1.29, 1.82) is 0 Å². The Morgan fingerprint density at radius 1 is 0.944 bits per heavy atom. The van der Waals surface area contributed by atoms with E-state index in [4.69, 9.17) is 11.6 Å². The van der Waals surface area contributed by atoms with Crippen LogP contribution >= 0.6 is 34.3 Å². The van der Waals surface area contributed by atoms with E-state index in [1.165, 1.54) is 15.4 Å². The summed E-state index contributed by atoms with van der Waals surface area (Å²) in [7, 11) is 0. The van der Waals surface area contributed by atoms with E-state index in [2.05, 4.69) is 44.6 Å². The van der Waals surface area contributed by atoms with E-state index in [1.54, 1.807) is 28.2 Å². The largest absolute Gasteiger partial charge is 0.250 e. The van der Waals surface area contributed by atoms with Gasteiger partial charge in [-0.15, -0.1) is 22.7 Å². The summed E-state index contributed by atoms with van der Waals surface area (Å²) in [5.41, 5.74) is 4.87. The van der Waals surface area contributed by atoms with Crippen LogP contribution in [0.15, 0.2) is 11.0 Å². The summed E-state index contributed by atoms with van der Waals surface area (Å²) in [6.07, 6.45) is 0. The molecule has 0 aliphatic rings. The zero-order chi connectivity index (χ0) is 13.7. The van der Waals surface area contributed by atoms with Gasteiger partial charge in [-0.3, -0.25) is 0 Å². The van der Waals surface area contributed by atoms with Gasteiger partial charge in [0, 0.05) is 9.75 Å². The molecule has 0 saturated carbocycles. The summed E-state index contributed by atoms with van der Waals surface area (Å²) in [5, 5.41) is 0.662. The molecule has 0 radical (unpaired) electrons. The molecule has 100 valence electrons. The highest BCUT2D eigenvalue weighted by Gasteiger charge is 2.06. The number of rotatable bonds is 2. The standard InChI is InChI=1S/C7H11NS.C6H8ClNS/c1-5(2)7-6(3)8-4-9-7;1-4(2)5-6(7)8-3-9-5/h4-5H,1-3H3;3-4H,1-2H3. The van der Waals surface area contributed by atoms with Crippen molar-refractivity contribution in [3.8, 4) is 0 Å². The number of aromatic nitrogens is 2. The Morgan fingerprint density at radius 2 is 1.44 bits per heavy atom. The average molecular weight is 303 g/mol. The summed E-state index contributed by atoms with van der Waals surface area (Å²) >= 11 is 9.10. The van der Waals surface area contributed by atoms with Gasteiger partial charge < -0.3 is 0 Å². The highest BCUT2D eigenvalue weighted by Crippen LogP contribution is 2.26. The lowest BCUT2D eigenvalue weighted by Crippen LogP contribution is -1.84. The molecule has 0 saturated heterocycles. The first kappa shape index (κ1) is 15.6. The number of hydrogen-bond acceptors (Lipinski definition) is 4. The Labute approximate surface area is 122 Å². The zero-order valence-electron chi connectivity index (χ0n) is 11.4. The van der Waals surface area contributed by atoms with Crippen LogP contribution in [0.25, 0.3) is 0 Å². The molecule has 18 heavy (non-hydrogen) atoms. The van der Waals surface area contributed by atoms with Gasteiger partial charge in [-0.2, -0.15) is 0 Å². The minimum Gasteiger partial charge on any atom is -0.250 e. The fraction of sp³-hybridized carbons (Fsp3) is 0.538. The molecule has 2 aromatic heterocycles. The van der Waals surface area contributed by atoms with Gasteiger partial charge in [-0.25, -0.2) is 9.97 Å². The van der Waals surface area contributed by atoms with Crippen molar-refractivity contribution >= 4 is 34.3 Å². The smallest absolute Gasteiger partial charge is 0.143 e. The zero-order valence-corrected chi connectivity index (χ0v) is 13.8. The molecule has 0 amide bonds. The lowest BCUT2D eigenvalue weighted by atomic mass is 10.1. The SMILES string of the molecule is CC(C)c1scnc1Cl.Cc1ncsc1C(C)C. The fourth-order valence-corrected chi connectivity index (χ4v) is 3.45. The van der Waals surface area contributed by atoms with Crippen molar-refractivity contribution in [2.75, 3.05) is 0 Å². The molecular weight excluding hydrogens is 284 g/mol. The van der Waals surface area contributed by atoms with Gasteiger partial charge in [-0.1, -0.05) is 39.3 Å². The Morgan fingerprint density at radius 3 is 1.67 bits per heavy atom. The molecule has 0 spiro atoms. The van der Waals surface area contributed by atoms with Crippen LogP contribution in [0.4, 0.5) is 0 Å². The molecular formula is C13H19ClN2S2. The maximum absolute atomic E-state index is 5.73. The van der Waals surface area contributed by atoms with Gasteiger partial charge in [0.1, 0.15) is 5.15 Å². The second kappa shape index (κ2) is 7.22. The quantitative estimate of drug-likeness (QED) is 0.732. The topological polar surface area (TPSA) is 25.8 Å². The van der Waals surface area contributed by atoms with E-state index in [-0.39, 0.29) is 0 Å². The van der Waals surface area contributed by atoms with Crippen LogP contribution in [0.3, 0.4) is 0 Å². The first-order valence-electron chi connectivity index (χ1n) is 5.92. The molecule has 0 fully saturated rings. The van der Waals surface area contributed by atoms with Crippen LogP contribution in [0.2, 0.25) is 5.15 Å². The second-order valence-corrected chi connectivity index (χ2v) is 6.75. The van der Waals surface area contributed by atoms with Crippen molar-refractivity contribution in [1.82, 2.24) is 9.97 Å². The van der Waals surface area contributed by atoms with Crippen LogP contribution in [0.5, 0.6) is 0 Å². The number of aryl methyl sites for hydroxylation is 1. The third-order valence-electron chi connectivity index (χ3n) is 2.38. The van der Waals surface area contributed by atoms with E-state index < -0.39 is 0 Å². The predicted molar refractivity (Wildman–Crippen MR) is 82.2 cm³/mol. The van der Waals surface area contributed by atoms with Crippen LogP contribution in [-0.2, 0) is 0 Å². The highest BCUT2D eigenvalue weighted by molar-refractivity contribution is 7.10. The van der Waals surface area contributed by atoms with E-state index in [9.17, 15) is 0 Å². The van der Waals surface area contributed by atoms with Crippen LogP contribution in [0.1, 0.15) is 55.0 Å². The van der Waals surface area contributed by atoms with Gasteiger partial charge in [0.05, 0.1) is 16.7 Å². The van der Waals surface area contributed by atoms with Gasteiger partial charge >= 0.3 is 0 Å². The molecule has 0 atom stereocenters. The minimum atomic E-state index is 0.505. The Kier molecular flexibility index (Phi) is 6.26. The lowest BCUT2D eigenvalue weighted by Gasteiger charge is -1.98. The number of hydrogen-bond donors (Lipinski definition) is 0. The Bertz CT molecular complexity index is 431. The number of halogens is 1. The lowest BCUT2D eigenvalue weighted by molar-refractivity contribution is 0.873. The van der Waals surface area contributed by atoms with E-state index in [0.717, 1.165) is 0 Å². The van der Waals surface area contributed by atoms with Gasteiger partial charge in [-0.05, 0) is 18.8 Å². The third-order valence-corrected chi connectivity index (χ3v) is 5.15. The second-order valence-electron chi connectivity index (χ2n) is 4.62. The van der Waals surface area contributed by atoms with Gasteiger partial charge in [0.2, 0.25) is 0 Å². The number of nitrogens with zero attached hydrogens (tertiary/aromatic N) is 2. The Hall–Kier alpha value is -0.450. The molecule has 2 rings (SSSR count). The van der Waals surface area contributed by atoms with E-state index in [1.807, 2.05) is 5.51 Å². The van der Waals surface area contributed by atoms with Crippen molar-refractivity contribution < 1.29 is 0 Å². The van der Waals surface area contributed by atoms with E-state index >= 15 is 0 Å². The van der Waals surface area contributed by atoms with Crippen molar-refractivity contribution in [3.05, 3.63) is 31.6 Å². The van der Waals surface area contributed by atoms with Crippen molar-refractivity contribution in [2.24, 2.45) is 0 Å². The highest BCUT2D eigenvalue weighted by atomic mass is 35.5. The summed E-state index contributed by atoms with van der Waals surface area (Å²) in [6, 6.07) is 0. The van der Waals surface area contributed by atoms with Crippen molar-refractivity contribution in [3.63, 3.8) is 0 Å². The first-order chi connectivity index (χ1) is 8.43. The first-order valence-corrected chi connectivity index (χ1v) is 8.06. The molecule has 0 unspecified atom stereocenters. The summed E-state index contributed by atoms with van der Waals surface area (Å²) < 4.78 is 0. The molecule has 2 heterocycles. The van der Waals surface area contributed by atoms with Gasteiger partial charge in [0.15, 0.2) is 0 Å². The molecule has 2 aromatic rings. The molecule has 5 heteroatoms. The maximum Gasteiger partial charge on any atom is 0.143 e. The molecule has 0 aromatic carbocycles. The average Bonchev–Trinajstić information content (AvgIpc) is 2.87. The van der Waals surface area contributed by atoms with Crippen LogP contribution in [0, 0.1) is 6.92 Å². The molecule has 0 bridgehead atoms. The summed E-state index contributed by atoms with van der Waals surface area (Å²) in [4.78, 5) is 10.7. The molecule has 2 nitrogen and oxygen atoms in total. The number of thiazole rings is 2. The summed E-state index contributed by atoms with van der Waals surface area (Å²) in [6.45, 7) is 10.7. The van der Waals surface area contributed by atoms with Crippen LogP contribution < -0.4 is 0 Å². The van der Waals surface area contributed by atoms with Gasteiger partial charge in [0.25, 0.3) is 0 Å². The molecule has 0 aliphatic carbocycles. The minimum absolute atomic E-state index is 0.505. The molecule has 0 aliphatic heterocycles. The van der Waals surface area contributed by atoms with E-state index in [0.29, 0.717) is 17.0 Å². The Balaban J connectivity index is 0.000000180. The summed E-state index contributed by atoms with van der Waals surface area (Å²) in [5.74, 6) is 1.14. The van der Waals surface area contributed by atoms with Crippen molar-refractivity contribution in [2.45, 2.75) is 46.5 Å². The predicted octanol–water partition coefficient (Wildman–Crippen LogP) is 5.49.